The maximum absolute atomic E-state index is 12.7. The van der Waals surface area contributed by atoms with E-state index in [1.807, 2.05) is 24.3 Å². The molecule has 0 saturated carbocycles. The number of phenols is 1. The number of phenolic OH excluding ortho intramolecular Hbond substituents is 1. The topological polar surface area (TPSA) is 80.3 Å². The molecule has 1 aliphatic heterocycles. The van der Waals surface area contributed by atoms with Crippen LogP contribution in [0.3, 0.4) is 0 Å². The molecule has 1 atom stereocenters. The Morgan fingerprint density at radius 2 is 1.79 bits per heavy atom. The molecular weight excluding hydrogens is 392 g/mol. The summed E-state index contributed by atoms with van der Waals surface area (Å²) in [5, 5.41) is 13.8. The maximum Gasteiger partial charge on any atom is 0.337 e. The van der Waals surface area contributed by atoms with Crippen molar-refractivity contribution in [3.8, 4) is 17.2 Å². The number of ether oxygens (including phenoxy) is 3. The zero-order chi connectivity index (χ0) is 21.1. The van der Waals surface area contributed by atoms with Crippen molar-refractivity contribution in [1.82, 2.24) is 5.32 Å². The van der Waals surface area contributed by atoms with Crippen LogP contribution in [0, 0.1) is 0 Å². The number of esters is 1. The molecule has 1 unspecified atom stereocenters. The quantitative estimate of drug-likeness (QED) is 0.570. The summed E-state index contributed by atoms with van der Waals surface area (Å²) >= 11 is 5.61. The molecule has 1 aliphatic rings. The number of aromatic hydroxyl groups is 1. The third-order valence-corrected chi connectivity index (χ3v) is 5.05. The average Bonchev–Trinajstić information content (AvgIpc) is 2.73. The fraction of sp³-hybridized carbons (Fsp3) is 0.238. The highest BCUT2D eigenvalue weighted by Crippen LogP contribution is 2.39. The van der Waals surface area contributed by atoms with E-state index in [-0.39, 0.29) is 5.75 Å². The molecule has 3 rings (SSSR count). The van der Waals surface area contributed by atoms with Crippen LogP contribution in [-0.2, 0) is 9.53 Å². The lowest BCUT2D eigenvalue weighted by molar-refractivity contribution is -0.136. The molecule has 0 bridgehead atoms. The largest absolute Gasteiger partial charge is 0.504 e. The number of thiocarbonyl (C=S) groups is 1. The second kappa shape index (κ2) is 8.40. The highest BCUT2D eigenvalue weighted by molar-refractivity contribution is 7.80. The van der Waals surface area contributed by atoms with Gasteiger partial charge in [0.25, 0.3) is 0 Å². The molecule has 0 saturated heterocycles. The molecule has 29 heavy (non-hydrogen) atoms. The van der Waals surface area contributed by atoms with Crippen LogP contribution in [0.15, 0.2) is 53.7 Å². The van der Waals surface area contributed by atoms with Crippen molar-refractivity contribution in [2.24, 2.45) is 0 Å². The zero-order valence-electron chi connectivity index (χ0n) is 16.6. The van der Waals surface area contributed by atoms with Crippen molar-refractivity contribution in [2.75, 3.05) is 26.2 Å². The normalized spacial score (nSPS) is 16.3. The van der Waals surface area contributed by atoms with Crippen LogP contribution in [0.4, 0.5) is 5.69 Å². The number of hydrogen-bond acceptors (Lipinski definition) is 6. The number of carbonyl (C=O) groups excluding carboxylic acids is 1. The van der Waals surface area contributed by atoms with Crippen LogP contribution < -0.4 is 19.7 Å². The molecule has 0 spiro atoms. The van der Waals surface area contributed by atoms with Crippen molar-refractivity contribution in [1.29, 1.82) is 0 Å². The minimum Gasteiger partial charge on any atom is -0.504 e. The van der Waals surface area contributed by atoms with E-state index >= 15 is 0 Å². The van der Waals surface area contributed by atoms with E-state index in [0.717, 1.165) is 0 Å². The molecule has 0 amide bonds. The van der Waals surface area contributed by atoms with Gasteiger partial charge in [0, 0.05) is 5.70 Å². The van der Waals surface area contributed by atoms with Gasteiger partial charge in [0.05, 0.1) is 38.6 Å². The highest BCUT2D eigenvalue weighted by Gasteiger charge is 2.36. The Labute approximate surface area is 174 Å². The van der Waals surface area contributed by atoms with E-state index in [4.69, 9.17) is 26.4 Å². The molecule has 2 aromatic carbocycles. The number of benzene rings is 2. The third kappa shape index (κ3) is 3.71. The van der Waals surface area contributed by atoms with Gasteiger partial charge in [-0.15, -0.1) is 0 Å². The first-order chi connectivity index (χ1) is 13.9. The van der Waals surface area contributed by atoms with E-state index < -0.39 is 12.0 Å². The number of para-hydroxylation sites is 2. The van der Waals surface area contributed by atoms with Crippen LogP contribution in [-0.4, -0.2) is 37.5 Å². The van der Waals surface area contributed by atoms with Gasteiger partial charge < -0.3 is 24.6 Å². The molecule has 0 radical (unpaired) electrons. The summed E-state index contributed by atoms with van der Waals surface area (Å²) < 4.78 is 15.6. The number of allylic oxidation sites excluding steroid dienone is 1. The van der Waals surface area contributed by atoms with Gasteiger partial charge in [-0.25, -0.2) is 4.79 Å². The third-order valence-electron chi connectivity index (χ3n) is 4.75. The maximum atomic E-state index is 12.7. The van der Waals surface area contributed by atoms with Crippen molar-refractivity contribution >= 4 is 29.0 Å². The molecule has 0 fully saturated rings. The minimum absolute atomic E-state index is 0.0354. The van der Waals surface area contributed by atoms with Crippen LogP contribution in [0.5, 0.6) is 17.2 Å². The second-order valence-corrected chi connectivity index (χ2v) is 6.70. The molecule has 7 nitrogen and oxygen atoms in total. The standard InChI is InChI=1S/C21H22N2O5S/c1-12-18(20(25)28-4)19(13-9-10-17(27-3)15(24)11-13)22-21(29)23(12)14-7-5-6-8-16(14)26-2/h5-11,19,24H,1-4H3,(H,22,29). The van der Waals surface area contributed by atoms with Gasteiger partial charge in [-0.05, 0) is 49.0 Å². The number of methoxy groups -OCH3 is 3. The van der Waals surface area contributed by atoms with Gasteiger partial charge in [-0.3, -0.25) is 4.90 Å². The molecule has 2 N–H and O–H groups in total. The zero-order valence-corrected chi connectivity index (χ0v) is 17.4. The van der Waals surface area contributed by atoms with Crippen molar-refractivity contribution in [2.45, 2.75) is 13.0 Å². The van der Waals surface area contributed by atoms with Crippen molar-refractivity contribution in [3.05, 3.63) is 59.3 Å². The second-order valence-electron chi connectivity index (χ2n) is 6.31. The molecular formula is C21H22N2O5S. The van der Waals surface area contributed by atoms with Crippen molar-refractivity contribution in [3.63, 3.8) is 0 Å². The molecule has 0 aromatic heterocycles. The SMILES string of the molecule is COC(=O)C1=C(C)N(c2ccccc2OC)C(=S)NC1c1ccc(OC)c(O)c1. The van der Waals surface area contributed by atoms with Gasteiger partial charge >= 0.3 is 5.97 Å². The van der Waals surface area contributed by atoms with Gasteiger partial charge in [0.15, 0.2) is 16.6 Å². The van der Waals surface area contributed by atoms with Crippen LogP contribution in [0.2, 0.25) is 0 Å². The van der Waals surface area contributed by atoms with Crippen molar-refractivity contribution < 1.29 is 24.1 Å². The Kier molecular flexibility index (Phi) is 5.93. The van der Waals surface area contributed by atoms with E-state index in [0.29, 0.717) is 39.1 Å². The Morgan fingerprint density at radius 3 is 2.41 bits per heavy atom. The fourth-order valence-electron chi connectivity index (χ4n) is 3.36. The number of hydrogen-bond donors (Lipinski definition) is 2. The van der Waals surface area contributed by atoms with Gasteiger partial charge in [0.2, 0.25) is 0 Å². The molecule has 152 valence electrons. The van der Waals surface area contributed by atoms with Gasteiger partial charge in [-0.2, -0.15) is 0 Å². The van der Waals surface area contributed by atoms with Gasteiger partial charge in [0.1, 0.15) is 5.75 Å². The van der Waals surface area contributed by atoms with Gasteiger partial charge in [-0.1, -0.05) is 18.2 Å². The first-order valence-corrected chi connectivity index (χ1v) is 9.23. The number of rotatable bonds is 5. The van der Waals surface area contributed by atoms with E-state index in [2.05, 4.69) is 5.32 Å². The minimum atomic E-state index is -0.599. The fourth-order valence-corrected chi connectivity index (χ4v) is 3.71. The summed E-state index contributed by atoms with van der Waals surface area (Å²) in [5.74, 6) is 0.410. The number of nitrogens with zero attached hydrogens (tertiary/aromatic N) is 1. The lowest BCUT2D eigenvalue weighted by Crippen LogP contribution is -2.48. The Balaban J connectivity index is 2.16. The number of anilines is 1. The molecule has 8 heteroatoms. The summed E-state index contributed by atoms with van der Waals surface area (Å²) in [6.45, 7) is 1.79. The lowest BCUT2D eigenvalue weighted by Gasteiger charge is -2.37. The number of nitrogens with one attached hydrogen (secondary N) is 1. The van der Waals surface area contributed by atoms with E-state index in [1.165, 1.54) is 20.3 Å². The average molecular weight is 414 g/mol. The van der Waals surface area contributed by atoms with Crippen LogP contribution in [0.1, 0.15) is 18.5 Å². The smallest absolute Gasteiger partial charge is 0.337 e. The first kappa shape index (κ1) is 20.5. The Morgan fingerprint density at radius 1 is 1.10 bits per heavy atom. The van der Waals surface area contributed by atoms with Crippen LogP contribution in [0.25, 0.3) is 0 Å². The lowest BCUT2D eigenvalue weighted by atomic mass is 9.94. The Hall–Kier alpha value is -3.26. The predicted octanol–water partition coefficient (Wildman–Crippen LogP) is 3.29. The summed E-state index contributed by atoms with van der Waals surface area (Å²) in [6.07, 6.45) is 0. The predicted molar refractivity (Wildman–Crippen MR) is 113 cm³/mol. The van der Waals surface area contributed by atoms with E-state index in [9.17, 15) is 9.90 Å². The number of carbonyl (C=O) groups is 1. The summed E-state index contributed by atoms with van der Waals surface area (Å²) in [7, 11) is 4.37. The Bertz CT molecular complexity index is 989. The first-order valence-electron chi connectivity index (χ1n) is 8.82. The van der Waals surface area contributed by atoms with Crippen LogP contribution >= 0.6 is 12.2 Å². The molecule has 1 heterocycles. The molecule has 2 aromatic rings. The van der Waals surface area contributed by atoms with E-state index in [1.54, 1.807) is 31.1 Å². The summed E-state index contributed by atoms with van der Waals surface area (Å²) in [4.78, 5) is 14.4. The summed E-state index contributed by atoms with van der Waals surface area (Å²) in [5.41, 5.74) is 2.31. The highest BCUT2D eigenvalue weighted by atomic mass is 32.1. The molecule has 0 aliphatic carbocycles. The monoisotopic (exact) mass is 414 g/mol. The summed E-state index contributed by atoms with van der Waals surface area (Å²) in [6, 6.07) is 11.7.